The Morgan fingerprint density at radius 2 is 2.14 bits per heavy atom. The quantitative estimate of drug-likeness (QED) is 0.873. The van der Waals surface area contributed by atoms with Crippen LogP contribution < -0.4 is 4.74 Å². The molecule has 1 unspecified atom stereocenters. The number of carbonyl (C=O) groups is 1. The third kappa shape index (κ3) is 3.00. The summed E-state index contributed by atoms with van der Waals surface area (Å²) < 4.78 is 5.32. The van der Waals surface area contributed by atoms with Crippen LogP contribution in [0.3, 0.4) is 0 Å². The van der Waals surface area contributed by atoms with Crippen molar-refractivity contribution < 1.29 is 9.53 Å². The highest BCUT2D eigenvalue weighted by Gasteiger charge is 2.29. The van der Waals surface area contributed by atoms with E-state index in [1.54, 1.807) is 7.11 Å². The maximum atomic E-state index is 12.6. The highest BCUT2D eigenvalue weighted by atomic mass is 32.1. The van der Waals surface area contributed by atoms with Crippen LogP contribution in [-0.4, -0.2) is 49.5 Å². The zero-order valence-corrected chi connectivity index (χ0v) is 13.7. The summed E-state index contributed by atoms with van der Waals surface area (Å²) >= 11 is 1.50. The molecule has 1 atom stereocenters. The monoisotopic (exact) mass is 316 g/mol. The number of methoxy groups -OCH3 is 1. The molecule has 1 fully saturated rings. The zero-order chi connectivity index (χ0) is 15.5. The number of hydrogen-bond donors (Lipinski definition) is 0. The summed E-state index contributed by atoms with van der Waals surface area (Å²) in [6, 6.07) is 12.1. The Labute approximate surface area is 134 Å². The first-order chi connectivity index (χ1) is 10.7. The summed E-state index contributed by atoms with van der Waals surface area (Å²) in [6.07, 6.45) is 0. The molecule has 0 N–H and O–H groups in total. The molecule has 2 heterocycles. The summed E-state index contributed by atoms with van der Waals surface area (Å²) in [4.78, 5) is 17.6. The van der Waals surface area contributed by atoms with Gasteiger partial charge in [0.25, 0.3) is 5.91 Å². The Balaban J connectivity index is 1.80. The van der Waals surface area contributed by atoms with E-state index in [4.69, 9.17) is 4.74 Å². The number of thiophene rings is 1. The van der Waals surface area contributed by atoms with Gasteiger partial charge in [-0.15, -0.1) is 11.3 Å². The average Bonchev–Trinajstić information content (AvgIpc) is 3.09. The van der Waals surface area contributed by atoms with Gasteiger partial charge in [0.2, 0.25) is 0 Å². The van der Waals surface area contributed by atoms with Crippen LogP contribution in [0.1, 0.15) is 21.3 Å². The number of likely N-dealkylation sites (N-methyl/N-ethyl adjacent to an activating group) is 1. The van der Waals surface area contributed by atoms with Crippen LogP contribution in [0.25, 0.3) is 0 Å². The molecule has 0 aliphatic carbocycles. The highest BCUT2D eigenvalue weighted by Crippen LogP contribution is 2.27. The summed E-state index contributed by atoms with van der Waals surface area (Å²) in [5.41, 5.74) is 1.19. The minimum atomic E-state index is 0.135. The van der Waals surface area contributed by atoms with Gasteiger partial charge in [-0.25, -0.2) is 0 Å². The Bertz CT molecular complexity index is 642. The minimum absolute atomic E-state index is 0.135. The van der Waals surface area contributed by atoms with Gasteiger partial charge in [0.05, 0.1) is 18.0 Å². The average molecular weight is 316 g/mol. The number of carbonyl (C=O) groups excluding carboxylic acids is 1. The molecule has 1 saturated heterocycles. The third-order valence-corrected chi connectivity index (χ3v) is 5.00. The molecule has 1 aromatic heterocycles. The Morgan fingerprint density at radius 3 is 2.86 bits per heavy atom. The van der Waals surface area contributed by atoms with Crippen molar-refractivity contribution in [2.45, 2.75) is 6.04 Å². The smallest absolute Gasteiger partial charge is 0.264 e. The Kier molecular flexibility index (Phi) is 4.45. The highest BCUT2D eigenvalue weighted by molar-refractivity contribution is 7.12. The van der Waals surface area contributed by atoms with Crippen LogP contribution >= 0.6 is 11.3 Å². The lowest BCUT2D eigenvalue weighted by Crippen LogP contribution is -2.48. The van der Waals surface area contributed by atoms with Crippen LogP contribution in [-0.2, 0) is 0 Å². The molecule has 1 aliphatic rings. The van der Waals surface area contributed by atoms with Crippen molar-refractivity contribution in [3.05, 3.63) is 52.2 Å². The fourth-order valence-electron chi connectivity index (χ4n) is 2.82. The van der Waals surface area contributed by atoms with Crippen molar-refractivity contribution in [3.8, 4) is 5.75 Å². The number of benzene rings is 1. The number of piperazine rings is 1. The second kappa shape index (κ2) is 6.50. The molecule has 3 rings (SSSR count). The number of rotatable bonds is 3. The van der Waals surface area contributed by atoms with Gasteiger partial charge in [0.1, 0.15) is 5.75 Å². The van der Waals surface area contributed by atoms with Crippen molar-refractivity contribution in [1.82, 2.24) is 9.80 Å². The molecule has 116 valence electrons. The molecule has 1 aliphatic heterocycles. The van der Waals surface area contributed by atoms with Gasteiger partial charge < -0.3 is 9.64 Å². The lowest BCUT2D eigenvalue weighted by molar-refractivity contribution is 0.0550. The lowest BCUT2D eigenvalue weighted by atomic mass is 10.0. The zero-order valence-electron chi connectivity index (χ0n) is 12.9. The van der Waals surface area contributed by atoms with E-state index < -0.39 is 0 Å². The van der Waals surface area contributed by atoms with Gasteiger partial charge in [-0.3, -0.25) is 9.69 Å². The summed E-state index contributed by atoms with van der Waals surface area (Å²) in [5, 5.41) is 1.95. The van der Waals surface area contributed by atoms with Crippen molar-refractivity contribution in [1.29, 1.82) is 0 Å². The molecule has 0 spiro atoms. The Morgan fingerprint density at radius 1 is 1.27 bits per heavy atom. The molecule has 0 bridgehead atoms. The molecule has 1 aromatic carbocycles. The van der Waals surface area contributed by atoms with E-state index in [1.165, 1.54) is 16.9 Å². The fraction of sp³-hybridized carbons (Fsp3) is 0.353. The standard InChI is InChI=1S/C17H20N2O2S/c1-18-8-9-19(17(20)16-7-4-10-22-16)12-15(18)13-5-3-6-14(11-13)21-2/h3-7,10-11,15H,8-9,12H2,1-2H3. The minimum Gasteiger partial charge on any atom is -0.497 e. The molecule has 0 radical (unpaired) electrons. The van der Waals surface area contributed by atoms with Crippen molar-refractivity contribution >= 4 is 17.2 Å². The first-order valence-electron chi connectivity index (χ1n) is 7.36. The van der Waals surface area contributed by atoms with E-state index in [1.807, 2.05) is 34.5 Å². The summed E-state index contributed by atoms with van der Waals surface area (Å²) in [6.45, 7) is 2.35. The molecule has 0 saturated carbocycles. The van der Waals surface area contributed by atoms with E-state index in [9.17, 15) is 4.79 Å². The van der Waals surface area contributed by atoms with E-state index >= 15 is 0 Å². The number of ether oxygens (including phenoxy) is 1. The predicted molar refractivity (Wildman–Crippen MR) is 88.6 cm³/mol. The van der Waals surface area contributed by atoms with E-state index in [0.29, 0.717) is 6.54 Å². The van der Waals surface area contributed by atoms with E-state index in [2.05, 4.69) is 24.1 Å². The van der Waals surface area contributed by atoms with Crippen molar-refractivity contribution in [2.75, 3.05) is 33.8 Å². The summed E-state index contributed by atoms with van der Waals surface area (Å²) in [5.74, 6) is 0.989. The number of amides is 1. The molecule has 4 nitrogen and oxygen atoms in total. The number of hydrogen-bond acceptors (Lipinski definition) is 4. The van der Waals surface area contributed by atoms with Gasteiger partial charge >= 0.3 is 0 Å². The van der Waals surface area contributed by atoms with Crippen LogP contribution in [0, 0.1) is 0 Å². The molecule has 22 heavy (non-hydrogen) atoms. The second-order valence-electron chi connectivity index (χ2n) is 5.50. The van der Waals surface area contributed by atoms with Gasteiger partial charge in [0, 0.05) is 19.6 Å². The fourth-order valence-corrected chi connectivity index (χ4v) is 3.51. The molecule has 1 amide bonds. The molecular formula is C17H20N2O2S. The predicted octanol–water partition coefficient (Wildman–Crippen LogP) is 2.89. The lowest BCUT2D eigenvalue weighted by Gasteiger charge is -2.39. The SMILES string of the molecule is COc1cccc(C2CN(C(=O)c3cccs3)CCN2C)c1. The topological polar surface area (TPSA) is 32.8 Å². The van der Waals surface area contributed by atoms with Crippen molar-refractivity contribution in [2.24, 2.45) is 0 Å². The molecular weight excluding hydrogens is 296 g/mol. The third-order valence-electron chi connectivity index (χ3n) is 4.15. The Hall–Kier alpha value is -1.85. The van der Waals surface area contributed by atoms with E-state index in [-0.39, 0.29) is 11.9 Å². The van der Waals surface area contributed by atoms with E-state index in [0.717, 1.165) is 23.7 Å². The van der Waals surface area contributed by atoms with Gasteiger partial charge in [-0.1, -0.05) is 18.2 Å². The second-order valence-corrected chi connectivity index (χ2v) is 6.45. The van der Waals surface area contributed by atoms with Crippen LogP contribution in [0.4, 0.5) is 0 Å². The maximum Gasteiger partial charge on any atom is 0.264 e. The summed E-state index contributed by atoms with van der Waals surface area (Å²) in [7, 11) is 3.79. The molecule has 5 heteroatoms. The van der Waals surface area contributed by atoms with Crippen LogP contribution in [0.5, 0.6) is 5.75 Å². The molecule has 2 aromatic rings. The number of nitrogens with zero attached hydrogens (tertiary/aromatic N) is 2. The normalized spacial score (nSPS) is 19.2. The van der Waals surface area contributed by atoms with Gasteiger partial charge in [-0.2, -0.15) is 0 Å². The van der Waals surface area contributed by atoms with Crippen molar-refractivity contribution in [3.63, 3.8) is 0 Å². The van der Waals surface area contributed by atoms with Crippen LogP contribution in [0.15, 0.2) is 41.8 Å². The largest absolute Gasteiger partial charge is 0.497 e. The maximum absolute atomic E-state index is 12.6. The first-order valence-corrected chi connectivity index (χ1v) is 8.24. The first kappa shape index (κ1) is 15.1. The van der Waals surface area contributed by atoms with Crippen LogP contribution in [0.2, 0.25) is 0 Å². The van der Waals surface area contributed by atoms with Gasteiger partial charge in [0.15, 0.2) is 0 Å². The van der Waals surface area contributed by atoms with Gasteiger partial charge in [-0.05, 0) is 36.2 Å².